The summed E-state index contributed by atoms with van der Waals surface area (Å²) in [6.45, 7) is 4.11. The molecule has 2 fully saturated rings. The van der Waals surface area contributed by atoms with Crippen LogP contribution in [0, 0.1) is 5.92 Å². The second-order valence-electron chi connectivity index (χ2n) is 6.01. The summed E-state index contributed by atoms with van der Waals surface area (Å²) in [6, 6.07) is 0.644. The fraction of sp³-hybridized carbons (Fsp3) is 0.800. The van der Waals surface area contributed by atoms with Gasteiger partial charge in [0.25, 0.3) is 0 Å². The topological polar surface area (TPSA) is 39.1 Å². The van der Waals surface area contributed by atoms with Gasteiger partial charge in [-0.1, -0.05) is 13.3 Å². The maximum atomic E-state index is 5.65. The molecule has 1 N–H and O–H groups in total. The molecule has 1 saturated carbocycles. The summed E-state index contributed by atoms with van der Waals surface area (Å²) in [4.78, 5) is 0. The first-order valence-electron chi connectivity index (χ1n) is 7.74. The highest BCUT2D eigenvalue weighted by molar-refractivity contribution is 5.39. The van der Waals surface area contributed by atoms with Gasteiger partial charge in [-0.25, -0.2) is 0 Å². The Morgan fingerprint density at radius 3 is 3.11 bits per heavy atom. The van der Waals surface area contributed by atoms with Gasteiger partial charge in [-0.05, 0) is 38.0 Å². The highest BCUT2D eigenvalue weighted by Gasteiger charge is 2.23. The van der Waals surface area contributed by atoms with Gasteiger partial charge >= 0.3 is 0 Å². The molecule has 1 saturated heterocycles. The van der Waals surface area contributed by atoms with Crippen molar-refractivity contribution in [2.24, 2.45) is 5.92 Å². The monoisotopic (exact) mass is 263 g/mol. The second kappa shape index (κ2) is 5.95. The number of anilines is 1. The summed E-state index contributed by atoms with van der Waals surface area (Å²) in [5.41, 5.74) is 1.17. The second-order valence-corrected chi connectivity index (χ2v) is 6.01. The molecule has 0 bridgehead atoms. The minimum atomic E-state index is 0.365. The van der Waals surface area contributed by atoms with E-state index in [0.29, 0.717) is 12.1 Å². The number of hydrogen-bond acceptors (Lipinski definition) is 3. The zero-order chi connectivity index (χ0) is 13.1. The van der Waals surface area contributed by atoms with Crippen molar-refractivity contribution in [1.29, 1.82) is 0 Å². The summed E-state index contributed by atoms with van der Waals surface area (Å²) >= 11 is 0. The summed E-state index contributed by atoms with van der Waals surface area (Å²) in [7, 11) is 0. The molecule has 2 aliphatic rings. The van der Waals surface area contributed by atoms with Crippen LogP contribution in [0.25, 0.3) is 0 Å². The van der Waals surface area contributed by atoms with Crippen LogP contribution >= 0.6 is 0 Å². The molecule has 1 aromatic heterocycles. The van der Waals surface area contributed by atoms with E-state index < -0.39 is 0 Å². The quantitative estimate of drug-likeness (QED) is 0.887. The van der Waals surface area contributed by atoms with Crippen molar-refractivity contribution in [3.8, 4) is 0 Å². The number of nitrogens with one attached hydrogen (secondary N) is 1. The lowest BCUT2D eigenvalue weighted by atomic mass is 10.1. The maximum absolute atomic E-state index is 5.65. The molecule has 0 aromatic carbocycles. The zero-order valence-corrected chi connectivity index (χ0v) is 11.8. The lowest BCUT2D eigenvalue weighted by Gasteiger charge is -2.12. The van der Waals surface area contributed by atoms with Crippen molar-refractivity contribution in [3.63, 3.8) is 0 Å². The van der Waals surface area contributed by atoms with Gasteiger partial charge < -0.3 is 10.1 Å². The third-order valence-electron chi connectivity index (χ3n) is 4.54. The fourth-order valence-electron chi connectivity index (χ4n) is 3.35. The van der Waals surface area contributed by atoms with Gasteiger partial charge in [-0.3, -0.25) is 4.68 Å². The van der Waals surface area contributed by atoms with Crippen LogP contribution in [0.3, 0.4) is 0 Å². The summed E-state index contributed by atoms with van der Waals surface area (Å²) in [5.74, 6) is 0.916. The van der Waals surface area contributed by atoms with Gasteiger partial charge in [-0.15, -0.1) is 0 Å². The van der Waals surface area contributed by atoms with Gasteiger partial charge in [0.15, 0.2) is 0 Å². The molecule has 3 rings (SSSR count). The lowest BCUT2D eigenvalue weighted by molar-refractivity contribution is 0.0940. The lowest BCUT2D eigenvalue weighted by Crippen LogP contribution is -2.16. The molecule has 4 heteroatoms. The van der Waals surface area contributed by atoms with Crippen LogP contribution in [-0.2, 0) is 11.3 Å². The molecule has 3 atom stereocenters. The largest absolute Gasteiger partial charge is 0.380 e. The first-order valence-corrected chi connectivity index (χ1v) is 7.74. The van der Waals surface area contributed by atoms with Gasteiger partial charge in [0.1, 0.15) is 0 Å². The third kappa shape index (κ3) is 3.30. The van der Waals surface area contributed by atoms with Crippen LogP contribution in [-0.4, -0.2) is 28.5 Å². The van der Waals surface area contributed by atoms with Gasteiger partial charge in [0.05, 0.1) is 24.5 Å². The van der Waals surface area contributed by atoms with Crippen LogP contribution < -0.4 is 5.32 Å². The van der Waals surface area contributed by atoms with Crippen molar-refractivity contribution in [2.75, 3.05) is 11.9 Å². The third-order valence-corrected chi connectivity index (χ3v) is 4.54. The molecule has 1 aromatic rings. The molecule has 19 heavy (non-hydrogen) atoms. The van der Waals surface area contributed by atoms with Crippen molar-refractivity contribution in [2.45, 2.75) is 64.1 Å². The first-order chi connectivity index (χ1) is 9.33. The molecular weight excluding hydrogens is 238 g/mol. The van der Waals surface area contributed by atoms with E-state index in [1.807, 2.05) is 10.9 Å². The van der Waals surface area contributed by atoms with Gasteiger partial charge in [0, 0.05) is 18.8 Å². The minimum absolute atomic E-state index is 0.365. The molecule has 1 aliphatic heterocycles. The summed E-state index contributed by atoms with van der Waals surface area (Å²) < 4.78 is 7.67. The number of aromatic nitrogens is 2. The van der Waals surface area contributed by atoms with Crippen LogP contribution in [0.5, 0.6) is 0 Å². The predicted octanol–water partition coefficient (Wildman–Crippen LogP) is 3.05. The predicted molar refractivity (Wildman–Crippen MR) is 76.2 cm³/mol. The molecule has 1 aliphatic carbocycles. The molecule has 0 amide bonds. The number of nitrogens with zero attached hydrogens (tertiary/aromatic N) is 2. The number of ether oxygens (including phenoxy) is 1. The Morgan fingerprint density at radius 2 is 2.37 bits per heavy atom. The van der Waals surface area contributed by atoms with Crippen molar-refractivity contribution >= 4 is 5.69 Å². The van der Waals surface area contributed by atoms with E-state index in [-0.39, 0.29) is 0 Å². The van der Waals surface area contributed by atoms with E-state index in [4.69, 9.17) is 4.74 Å². The Morgan fingerprint density at radius 1 is 1.42 bits per heavy atom. The van der Waals surface area contributed by atoms with Crippen LogP contribution in [0.4, 0.5) is 5.69 Å². The Bertz CT molecular complexity index is 398. The Labute approximate surface area is 115 Å². The van der Waals surface area contributed by atoms with Gasteiger partial charge in [0.2, 0.25) is 0 Å². The maximum Gasteiger partial charge on any atom is 0.0771 e. The number of rotatable bonds is 5. The van der Waals surface area contributed by atoms with Crippen LogP contribution in [0.15, 0.2) is 12.4 Å². The van der Waals surface area contributed by atoms with Crippen molar-refractivity contribution in [1.82, 2.24) is 9.78 Å². The standard InChI is InChI=1S/C15H25N3O/c1-2-12-5-6-13(8-12)17-14-9-16-18(10-14)11-15-4-3-7-19-15/h9-10,12-13,15,17H,2-8,11H2,1H3. The van der Waals surface area contributed by atoms with Gasteiger partial charge in [-0.2, -0.15) is 5.10 Å². The molecule has 0 spiro atoms. The Kier molecular flexibility index (Phi) is 4.06. The average Bonchev–Trinajstić information content (AvgIpc) is 3.13. The molecule has 4 nitrogen and oxygen atoms in total. The minimum Gasteiger partial charge on any atom is -0.380 e. The Balaban J connectivity index is 1.50. The van der Waals surface area contributed by atoms with E-state index in [1.54, 1.807) is 0 Å². The first kappa shape index (κ1) is 13.0. The highest BCUT2D eigenvalue weighted by Crippen LogP contribution is 2.30. The van der Waals surface area contributed by atoms with Crippen LogP contribution in [0.1, 0.15) is 45.4 Å². The highest BCUT2D eigenvalue weighted by atomic mass is 16.5. The fourth-order valence-corrected chi connectivity index (χ4v) is 3.35. The van der Waals surface area contributed by atoms with E-state index in [9.17, 15) is 0 Å². The van der Waals surface area contributed by atoms with Crippen LogP contribution in [0.2, 0.25) is 0 Å². The normalized spacial score (nSPS) is 30.9. The van der Waals surface area contributed by atoms with E-state index in [0.717, 1.165) is 19.1 Å². The number of hydrogen-bond donors (Lipinski definition) is 1. The summed E-state index contributed by atoms with van der Waals surface area (Å²) in [5, 5.41) is 8.06. The van der Waals surface area contributed by atoms with E-state index in [1.165, 1.54) is 44.2 Å². The summed E-state index contributed by atoms with van der Waals surface area (Å²) in [6.07, 6.45) is 12.1. The van der Waals surface area contributed by atoms with E-state index >= 15 is 0 Å². The van der Waals surface area contributed by atoms with E-state index in [2.05, 4.69) is 23.5 Å². The smallest absolute Gasteiger partial charge is 0.0771 e. The zero-order valence-electron chi connectivity index (χ0n) is 11.8. The van der Waals surface area contributed by atoms with Crippen molar-refractivity contribution < 1.29 is 4.74 Å². The molecule has 3 unspecified atom stereocenters. The molecule has 2 heterocycles. The molecule has 0 radical (unpaired) electrons. The SMILES string of the molecule is CCC1CCC(Nc2cnn(CC3CCCO3)c2)C1. The average molecular weight is 263 g/mol. The van der Waals surface area contributed by atoms with Crippen molar-refractivity contribution in [3.05, 3.63) is 12.4 Å². The molecular formula is C15H25N3O. The molecule has 106 valence electrons. The Hall–Kier alpha value is -1.03.